The molecule has 3 rings (SSSR count). The molecule has 256 valence electrons. The number of rotatable bonds is 12. The summed E-state index contributed by atoms with van der Waals surface area (Å²) < 4.78 is 10.4. The van der Waals surface area contributed by atoms with Gasteiger partial charge in [-0.25, -0.2) is 9.59 Å². The van der Waals surface area contributed by atoms with Gasteiger partial charge in [0.1, 0.15) is 23.3 Å². The monoisotopic (exact) mass is 688 g/mol. The zero-order valence-electron chi connectivity index (χ0n) is 24.9. The average Bonchev–Trinajstić information content (AvgIpc) is 3.01. The van der Waals surface area contributed by atoms with Gasteiger partial charge in [0.15, 0.2) is 0 Å². The van der Waals surface area contributed by atoms with Crippen molar-refractivity contribution in [3.05, 3.63) is 119 Å². The fourth-order valence-corrected chi connectivity index (χ4v) is 4.71. The lowest BCUT2D eigenvalue weighted by Crippen LogP contribution is -2.20. The summed E-state index contributed by atoms with van der Waals surface area (Å²) in [7, 11) is 0. The van der Waals surface area contributed by atoms with Crippen molar-refractivity contribution >= 4 is 57.4 Å². The number of nitrogen functional groups attached to an aromatic ring is 2. The topological polar surface area (TPSA) is 363 Å². The molecule has 0 spiro atoms. The molecule has 0 saturated carbocycles. The van der Waals surface area contributed by atoms with Crippen LogP contribution in [0.3, 0.4) is 0 Å². The van der Waals surface area contributed by atoms with Gasteiger partial charge in [-0.3, -0.25) is 60.7 Å². The van der Waals surface area contributed by atoms with Gasteiger partial charge in [-0.15, -0.1) is 0 Å². The van der Waals surface area contributed by atoms with Crippen LogP contribution in [0.2, 0.25) is 0 Å². The van der Waals surface area contributed by atoms with Gasteiger partial charge in [0.2, 0.25) is 0 Å². The van der Waals surface area contributed by atoms with Crippen molar-refractivity contribution in [1.29, 1.82) is 0 Å². The number of hydrogen-bond donors (Lipinski definition) is 2. The van der Waals surface area contributed by atoms with E-state index in [0.717, 1.165) is 26.8 Å². The Bertz CT molecular complexity index is 1940. The summed E-state index contributed by atoms with van der Waals surface area (Å²) in [5.41, 5.74) is 0.995. The van der Waals surface area contributed by atoms with Gasteiger partial charge in [0.05, 0.1) is 76.3 Å². The van der Waals surface area contributed by atoms with Crippen LogP contribution in [0.5, 0.6) is 0 Å². The third-order valence-electron chi connectivity index (χ3n) is 6.91. The number of hydrogen-bond acceptors (Lipinski definition) is 18. The molecule has 2 atom stereocenters. The number of carbonyl (C=O) groups is 2. The Labute approximate surface area is 269 Å². The molecule has 0 fully saturated rings. The highest BCUT2D eigenvalue weighted by Gasteiger charge is 2.38. The molecule has 0 aliphatic carbocycles. The van der Waals surface area contributed by atoms with Crippen molar-refractivity contribution in [3.8, 4) is 0 Å². The third-order valence-corrected chi connectivity index (χ3v) is 6.91. The number of benzene rings is 3. The smallest absolute Gasteiger partial charge is 0.339 e. The maximum atomic E-state index is 13.5. The molecule has 0 aliphatic heterocycles. The van der Waals surface area contributed by atoms with Gasteiger partial charge in [-0.05, 0) is 32.4 Å². The van der Waals surface area contributed by atoms with Gasteiger partial charge in [0, 0.05) is 0 Å². The molecule has 49 heavy (non-hydrogen) atoms. The first-order valence-electron chi connectivity index (χ1n) is 13.0. The van der Waals surface area contributed by atoms with Crippen molar-refractivity contribution in [2.24, 2.45) is 0 Å². The second-order valence-corrected chi connectivity index (χ2v) is 9.86. The molecule has 2 unspecified atom stereocenters. The lowest BCUT2D eigenvalue weighted by molar-refractivity contribution is -0.405. The zero-order chi connectivity index (χ0) is 37.2. The summed E-state index contributed by atoms with van der Waals surface area (Å²) in [6, 6.07) is 2.41. The SMILES string of the molecule is Cc1c(N)c(N)cc(C(=O)OC(C)c2c([N+](=O)[O-])cc([N+](=O)[O-])cc2[N+](=O)[O-])c1C(=O)OC(C)c1c([N+](=O)[O-])cc([N+](=O)[O-])cc1[N+](=O)[O-]. The number of ether oxygens (including phenoxy) is 2. The first kappa shape index (κ1) is 36.1. The summed E-state index contributed by atoms with van der Waals surface area (Å²) in [6.07, 6.45) is -3.78. The number of carbonyl (C=O) groups excluding carboxylic acids is 2. The van der Waals surface area contributed by atoms with E-state index in [0.29, 0.717) is 24.3 Å². The molecule has 24 nitrogen and oxygen atoms in total. The van der Waals surface area contributed by atoms with E-state index in [1.54, 1.807) is 0 Å². The van der Waals surface area contributed by atoms with Crippen molar-refractivity contribution in [3.63, 3.8) is 0 Å². The number of nitrogens with two attached hydrogens (primary N) is 2. The lowest BCUT2D eigenvalue weighted by atomic mass is 9.98. The van der Waals surface area contributed by atoms with Crippen molar-refractivity contribution in [1.82, 2.24) is 0 Å². The molecule has 0 aromatic heterocycles. The maximum absolute atomic E-state index is 13.5. The number of anilines is 2. The average molecular weight is 688 g/mol. The summed E-state index contributed by atoms with van der Waals surface area (Å²) >= 11 is 0. The van der Waals surface area contributed by atoms with Crippen LogP contribution in [0.15, 0.2) is 30.3 Å². The largest absolute Gasteiger partial charge is 0.454 e. The second-order valence-electron chi connectivity index (χ2n) is 9.86. The Kier molecular flexibility index (Phi) is 9.96. The summed E-state index contributed by atoms with van der Waals surface area (Å²) in [5, 5.41) is 69.3. The Hall–Kier alpha value is -7.40. The highest BCUT2D eigenvalue weighted by molar-refractivity contribution is 6.07. The first-order chi connectivity index (χ1) is 22.7. The number of nitro benzene ring substituents is 6. The number of nitro groups is 6. The van der Waals surface area contributed by atoms with E-state index < -0.39 is 110 Å². The molecular formula is C25H20N8O16. The molecule has 4 N–H and O–H groups in total. The maximum Gasteiger partial charge on any atom is 0.339 e. The number of esters is 2. The predicted octanol–water partition coefficient (Wildman–Crippen LogP) is 4.44. The van der Waals surface area contributed by atoms with Crippen molar-refractivity contribution in [2.75, 3.05) is 11.5 Å². The fraction of sp³-hybridized carbons (Fsp3) is 0.200. The van der Waals surface area contributed by atoms with Crippen LogP contribution in [-0.4, -0.2) is 41.5 Å². The predicted molar refractivity (Wildman–Crippen MR) is 160 cm³/mol. The Morgan fingerprint density at radius 1 is 0.592 bits per heavy atom. The van der Waals surface area contributed by atoms with E-state index in [9.17, 15) is 70.3 Å². The molecule has 3 aromatic carbocycles. The molecule has 0 radical (unpaired) electrons. The standard InChI is InChI=1S/C25H20N8O16/c1-9-20(25(35)49-11(3)22-18(32(44)45)6-13(29(38)39)7-19(22)33(46)47)14(8-15(26)23(9)27)24(34)48-10(2)21-16(30(40)41)4-12(28(36)37)5-17(21)31(42)43/h4-8,10-11H,26-27H2,1-3H3. The van der Waals surface area contributed by atoms with E-state index >= 15 is 0 Å². The molecule has 24 heteroatoms. The minimum Gasteiger partial charge on any atom is -0.454 e. The zero-order valence-corrected chi connectivity index (χ0v) is 24.9. The lowest BCUT2D eigenvalue weighted by Gasteiger charge is -2.20. The van der Waals surface area contributed by atoms with Crippen molar-refractivity contribution < 1.29 is 48.6 Å². The van der Waals surface area contributed by atoms with Crippen LogP contribution in [-0.2, 0) is 9.47 Å². The van der Waals surface area contributed by atoms with Crippen LogP contribution in [0.4, 0.5) is 45.5 Å². The third kappa shape index (κ3) is 7.05. The second kappa shape index (κ2) is 13.5. The highest BCUT2D eigenvalue weighted by atomic mass is 16.7. The molecule has 0 heterocycles. The van der Waals surface area contributed by atoms with Crippen molar-refractivity contribution in [2.45, 2.75) is 33.0 Å². The highest BCUT2D eigenvalue weighted by Crippen LogP contribution is 2.42. The Balaban J connectivity index is 2.14. The molecule has 0 saturated heterocycles. The van der Waals surface area contributed by atoms with E-state index in [-0.39, 0.29) is 16.9 Å². The normalized spacial score (nSPS) is 11.9. The molecule has 0 amide bonds. The first-order valence-corrected chi connectivity index (χ1v) is 13.0. The van der Waals surface area contributed by atoms with Crippen LogP contribution >= 0.6 is 0 Å². The van der Waals surface area contributed by atoms with Crippen LogP contribution in [0, 0.1) is 67.6 Å². The molecule has 0 bridgehead atoms. The molecular weight excluding hydrogens is 668 g/mol. The summed E-state index contributed by atoms with van der Waals surface area (Å²) in [4.78, 5) is 89.3. The number of non-ortho nitro benzene ring substituents is 2. The van der Waals surface area contributed by atoms with Gasteiger partial charge < -0.3 is 20.9 Å². The fourth-order valence-electron chi connectivity index (χ4n) is 4.71. The van der Waals surface area contributed by atoms with Gasteiger partial charge in [-0.2, -0.15) is 0 Å². The van der Waals surface area contributed by atoms with E-state index in [1.165, 1.54) is 0 Å². The number of nitrogens with zero attached hydrogens (tertiary/aromatic N) is 6. The minimum absolute atomic E-state index is 0.253. The van der Waals surface area contributed by atoms with E-state index in [4.69, 9.17) is 20.9 Å². The van der Waals surface area contributed by atoms with E-state index in [2.05, 4.69) is 0 Å². The minimum atomic E-state index is -1.89. The van der Waals surface area contributed by atoms with Gasteiger partial charge in [0.25, 0.3) is 34.1 Å². The molecule has 3 aromatic rings. The van der Waals surface area contributed by atoms with Crippen LogP contribution < -0.4 is 11.5 Å². The quantitative estimate of drug-likeness (QED) is 0.115. The van der Waals surface area contributed by atoms with Gasteiger partial charge in [-0.1, -0.05) is 0 Å². The molecule has 0 aliphatic rings. The Morgan fingerprint density at radius 2 is 0.918 bits per heavy atom. The van der Waals surface area contributed by atoms with Crippen LogP contribution in [0.1, 0.15) is 63.5 Å². The summed E-state index contributed by atoms with van der Waals surface area (Å²) in [6.45, 7) is 3.05. The van der Waals surface area contributed by atoms with Gasteiger partial charge >= 0.3 is 11.9 Å². The van der Waals surface area contributed by atoms with E-state index in [1.807, 2.05) is 0 Å². The summed E-state index contributed by atoms with van der Waals surface area (Å²) in [5.74, 6) is -3.03. The Morgan fingerprint density at radius 3 is 1.22 bits per heavy atom. The van der Waals surface area contributed by atoms with Crippen LogP contribution in [0.25, 0.3) is 0 Å².